The van der Waals surface area contributed by atoms with Crippen LogP contribution in [0.25, 0.3) is 0 Å². The summed E-state index contributed by atoms with van der Waals surface area (Å²) < 4.78 is 10.3. The summed E-state index contributed by atoms with van der Waals surface area (Å²) in [6, 6.07) is 6.44. The number of rotatable bonds is 8. The number of amides is 2. The van der Waals surface area contributed by atoms with Gasteiger partial charge in [-0.05, 0) is 30.8 Å². The summed E-state index contributed by atoms with van der Waals surface area (Å²) in [6.45, 7) is 0.981. The minimum absolute atomic E-state index is 0.217. The molecule has 0 aromatic heterocycles. The lowest BCUT2D eigenvalue weighted by atomic mass is 10.2. The van der Waals surface area contributed by atoms with Gasteiger partial charge in [-0.25, -0.2) is 0 Å². The fourth-order valence-corrected chi connectivity index (χ4v) is 1.89. The van der Waals surface area contributed by atoms with Crippen LogP contribution in [0.5, 0.6) is 5.75 Å². The number of nitrogens with two attached hydrogens (primary N) is 1. The maximum Gasteiger partial charge on any atom is 0.276 e. The maximum atomic E-state index is 11.9. The van der Waals surface area contributed by atoms with Gasteiger partial charge in [-0.3, -0.25) is 20.0 Å². The molecule has 1 rings (SSSR count). The largest absolute Gasteiger partial charge is 0.483 e. The number of carbonyl (C=O) groups excluding carboxylic acids is 2. The van der Waals surface area contributed by atoms with E-state index in [1.165, 1.54) is 11.1 Å². The van der Waals surface area contributed by atoms with Crippen molar-refractivity contribution in [2.75, 3.05) is 33.9 Å². The van der Waals surface area contributed by atoms with Crippen molar-refractivity contribution < 1.29 is 19.1 Å². The van der Waals surface area contributed by atoms with Gasteiger partial charge in [-0.2, -0.15) is 0 Å². The van der Waals surface area contributed by atoms with E-state index in [1.807, 2.05) is 0 Å². The highest BCUT2D eigenvalue weighted by Gasteiger charge is 2.12. The van der Waals surface area contributed by atoms with Gasteiger partial charge in [0.05, 0.1) is 5.56 Å². The zero-order valence-electron chi connectivity index (χ0n) is 13.7. The van der Waals surface area contributed by atoms with Gasteiger partial charge < -0.3 is 20.5 Å². The molecule has 0 heterocycles. The van der Waals surface area contributed by atoms with Gasteiger partial charge in [0.15, 0.2) is 11.7 Å². The number of hydrazine groups is 1. The van der Waals surface area contributed by atoms with Crippen LogP contribution in [0.1, 0.15) is 16.8 Å². The van der Waals surface area contributed by atoms with Gasteiger partial charge in [0, 0.05) is 27.3 Å². The molecule has 24 heavy (non-hydrogen) atoms. The van der Waals surface area contributed by atoms with E-state index in [2.05, 4.69) is 10.7 Å². The van der Waals surface area contributed by atoms with Gasteiger partial charge in [0.2, 0.25) is 0 Å². The number of primary amides is 1. The molecule has 1 aromatic rings. The number of carbonyl (C=O) groups is 2. The van der Waals surface area contributed by atoms with Crippen LogP contribution in [-0.4, -0.2) is 55.9 Å². The number of hydrogen-bond donors (Lipinski definition) is 3. The van der Waals surface area contributed by atoms with E-state index in [9.17, 15) is 9.59 Å². The highest BCUT2D eigenvalue weighted by Crippen LogP contribution is 2.16. The van der Waals surface area contributed by atoms with Gasteiger partial charge in [0.1, 0.15) is 5.75 Å². The second kappa shape index (κ2) is 10.4. The average Bonchev–Trinajstić information content (AvgIpc) is 2.56. The summed E-state index contributed by atoms with van der Waals surface area (Å²) in [4.78, 5) is 23.2. The molecular formula is C15H22N4O4S. The quantitative estimate of drug-likeness (QED) is 0.344. The first-order valence-corrected chi connectivity index (χ1v) is 7.68. The zero-order valence-corrected chi connectivity index (χ0v) is 14.5. The highest BCUT2D eigenvalue weighted by atomic mass is 32.1. The summed E-state index contributed by atoms with van der Waals surface area (Å²) >= 11 is 5.13. The molecule has 0 atom stereocenters. The van der Waals surface area contributed by atoms with Gasteiger partial charge in [-0.1, -0.05) is 12.1 Å². The average molecular weight is 354 g/mol. The number of para-hydroxylation sites is 1. The molecule has 0 spiro atoms. The Morgan fingerprint density at radius 2 is 2.04 bits per heavy atom. The van der Waals surface area contributed by atoms with Gasteiger partial charge in [0.25, 0.3) is 11.8 Å². The van der Waals surface area contributed by atoms with E-state index < -0.39 is 11.8 Å². The second-order valence-corrected chi connectivity index (χ2v) is 5.21. The third-order valence-corrected chi connectivity index (χ3v) is 3.33. The summed E-state index contributed by atoms with van der Waals surface area (Å²) in [6.07, 6.45) is 0.797. The zero-order chi connectivity index (χ0) is 17.9. The fourth-order valence-electron chi connectivity index (χ4n) is 1.74. The van der Waals surface area contributed by atoms with Crippen molar-refractivity contribution in [1.29, 1.82) is 0 Å². The Morgan fingerprint density at radius 1 is 1.33 bits per heavy atom. The van der Waals surface area contributed by atoms with Crippen LogP contribution in [-0.2, 0) is 9.53 Å². The van der Waals surface area contributed by atoms with Crippen LogP contribution in [0.3, 0.4) is 0 Å². The molecule has 0 saturated heterocycles. The summed E-state index contributed by atoms with van der Waals surface area (Å²) in [5.41, 5.74) is 8.02. The van der Waals surface area contributed by atoms with Crippen LogP contribution < -0.4 is 21.2 Å². The summed E-state index contributed by atoms with van der Waals surface area (Å²) in [5.74, 6) is -0.787. The predicted molar refractivity (Wildman–Crippen MR) is 93.5 cm³/mol. The molecule has 2 amide bonds. The first kappa shape index (κ1) is 19.7. The van der Waals surface area contributed by atoms with Crippen molar-refractivity contribution in [3.8, 4) is 5.75 Å². The number of hydrogen-bond acceptors (Lipinski definition) is 5. The lowest BCUT2D eigenvalue weighted by Crippen LogP contribution is -2.49. The van der Waals surface area contributed by atoms with E-state index in [4.69, 9.17) is 27.4 Å². The Labute approximate surface area is 146 Å². The van der Waals surface area contributed by atoms with E-state index >= 15 is 0 Å². The number of benzene rings is 1. The fraction of sp³-hybridized carbons (Fsp3) is 0.400. The third-order valence-electron chi connectivity index (χ3n) is 2.91. The topological polar surface area (TPSA) is 106 Å². The monoisotopic (exact) mass is 354 g/mol. The number of methoxy groups -OCH3 is 1. The van der Waals surface area contributed by atoms with E-state index in [1.54, 1.807) is 32.4 Å². The smallest absolute Gasteiger partial charge is 0.276 e. The number of ether oxygens (including phenoxy) is 2. The molecule has 0 aliphatic carbocycles. The first-order chi connectivity index (χ1) is 11.5. The molecular weight excluding hydrogens is 332 g/mol. The standard InChI is InChI=1S/C15H22N4O4S/c1-19(15(24)17-8-5-9-22-2)18-13(20)10-23-12-7-4-3-6-11(12)14(16)21/h3-4,6-7H,5,8-10H2,1-2H3,(H2,16,21)(H,17,24)(H,18,20). The summed E-state index contributed by atoms with van der Waals surface area (Å²) in [5, 5.41) is 4.74. The van der Waals surface area contributed by atoms with Crippen molar-refractivity contribution in [1.82, 2.24) is 15.8 Å². The highest BCUT2D eigenvalue weighted by molar-refractivity contribution is 7.80. The lowest BCUT2D eigenvalue weighted by molar-refractivity contribution is -0.126. The molecule has 0 unspecified atom stereocenters. The van der Waals surface area contributed by atoms with E-state index in [-0.39, 0.29) is 17.9 Å². The van der Waals surface area contributed by atoms with Crippen molar-refractivity contribution >= 4 is 29.1 Å². The van der Waals surface area contributed by atoms with Crippen LogP contribution >= 0.6 is 12.2 Å². The van der Waals surface area contributed by atoms with Crippen molar-refractivity contribution in [2.45, 2.75) is 6.42 Å². The Bertz CT molecular complexity index is 582. The number of thiocarbonyl (C=S) groups is 1. The van der Waals surface area contributed by atoms with Gasteiger partial charge >= 0.3 is 0 Å². The van der Waals surface area contributed by atoms with E-state index in [0.29, 0.717) is 18.3 Å². The van der Waals surface area contributed by atoms with Crippen molar-refractivity contribution in [2.24, 2.45) is 5.73 Å². The Balaban J connectivity index is 2.41. The van der Waals surface area contributed by atoms with Crippen LogP contribution in [0.4, 0.5) is 0 Å². The Hall–Kier alpha value is -2.39. The van der Waals surface area contributed by atoms with Crippen LogP contribution in [0.15, 0.2) is 24.3 Å². The van der Waals surface area contributed by atoms with Crippen molar-refractivity contribution in [3.05, 3.63) is 29.8 Å². The molecule has 0 aliphatic heterocycles. The third kappa shape index (κ3) is 6.80. The molecule has 132 valence electrons. The van der Waals surface area contributed by atoms with Crippen LogP contribution in [0.2, 0.25) is 0 Å². The number of nitrogens with zero attached hydrogens (tertiary/aromatic N) is 1. The van der Waals surface area contributed by atoms with E-state index in [0.717, 1.165) is 6.42 Å². The molecule has 9 heteroatoms. The molecule has 1 aromatic carbocycles. The second-order valence-electron chi connectivity index (χ2n) is 4.82. The molecule has 0 fully saturated rings. The van der Waals surface area contributed by atoms with Crippen molar-refractivity contribution in [3.63, 3.8) is 0 Å². The van der Waals surface area contributed by atoms with Gasteiger partial charge in [-0.15, -0.1) is 0 Å². The molecule has 0 saturated carbocycles. The SMILES string of the molecule is COCCCNC(=S)N(C)NC(=O)COc1ccccc1C(N)=O. The minimum Gasteiger partial charge on any atom is -0.483 e. The number of nitrogens with one attached hydrogen (secondary N) is 2. The molecule has 0 aliphatic rings. The molecule has 8 nitrogen and oxygen atoms in total. The van der Waals surface area contributed by atoms with Crippen LogP contribution in [0, 0.1) is 0 Å². The maximum absolute atomic E-state index is 11.9. The normalized spacial score (nSPS) is 9.92. The molecule has 0 bridgehead atoms. The first-order valence-electron chi connectivity index (χ1n) is 7.27. The Morgan fingerprint density at radius 3 is 2.71 bits per heavy atom. The minimum atomic E-state index is -0.621. The molecule has 4 N–H and O–H groups in total. The predicted octanol–water partition coefficient (Wildman–Crippen LogP) is 0.0383. The summed E-state index contributed by atoms with van der Waals surface area (Å²) in [7, 11) is 3.24. The lowest BCUT2D eigenvalue weighted by Gasteiger charge is -2.21. The molecule has 0 radical (unpaired) electrons. The Kier molecular flexibility index (Phi) is 8.52.